The van der Waals surface area contributed by atoms with E-state index in [0.29, 0.717) is 0 Å². The van der Waals surface area contributed by atoms with E-state index >= 15 is 0 Å². The Morgan fingerprint density at radius 1 is 1.00 bits per heavy atom. The van der Waals surface area contributed by atoms with E-state index in [1.54, 1.807) is 0 Å². The fourth-order valence-electron chi connectivity index (χ4n) is 3.78. The third-order valence-corrected chi connectivity index (χ3v) is 5.50. The normalized spacial score (nSPS) is 22.2. The second kappa shape index (κ2) is 6.49. The summed E-state index contributed by atoms with van der Waals surface area (Å²) in [7, 11) is 2.14. The molecule has 0 aliphatic carbocycles. The lowest BCUT2D eigenvalue weighted by atomic mass is 9.96. The van der Waals surface area contributed by atoms with Crippen LogP contribution in [-0.4, -0.2) is 52.1 Å². The van der Waals surface area contributed by atoms with Gasteiger partial charge in [-0.3, -0.25) is 4.90 Å². The molecule has 4 heteroatoms. The molecule has 0 unspecified atom stereocenters. The van der Waals surface area contributed by atoms with Gasteiger partial charge >= 0.3 is 0 Å². The van der Waals surface area contributed by atoms with Crippen LogP contribution < -0.4 is 0 Å². The Labute approximate surface area is 129 Å². The first-order valence-electron chi connectivity index (χ1n) is 8.57. The summed E-state index contributed by atoms with van der Waals surface area (Å²) in [5, 5.41) is 0. The van der Waals surface area contributed by atoms with E-state index in [4.69, 9.17) is 4.98 Å². The number of imidazole rings is 1. The van der Waals surface area contributed by atoms with Gasteiger partial charge in [-0.25, -0.2) is 4.98 Å². The zero-order chi connectivity index (χ0) is 14.8. The summed E-state index contributed by atoms with van der Waals surface area (Å²) in [6, 6.07) is 0. The molecule has 2 aliphatic heterocycles. The van der Waals surface area contributed by atoms with Crippen LogP contribution in [0.4, 0.5) is 0 Å². The van der Waals surface area contributed by atoms with E-state index in [9.17, 15) is 0 Å². The van der Waals surface area contributed by atoms with E-state index in [2.05, 4.69) is 35.3 Å². The van der Waals surface area contributed by atoms with E-state index in [0.717, 1.165) is 12.5 Å². The molecule has 2 aliphatic rings. The van der Waals surface area contributed by atoms with Crippen molar-refractivity contribution in [2.75, 3.05) is 32.7 Å². The Kier molecular flexibility index (Phi) is 4.65. The smallest absolute Gasteiger partial charge is 0.123 e. The van der Waals surface area contributed by atoms with Crippen LogP contribution in [0.2, 0.25) is 0 Å². The van der Waals surface area contributed by atoms with Crippen LogP contribution in [0.25, 0.3) is 0 Å². The van der Waals surface area contributed by atoms with Gasteiger partial charge in [0.05, 0.1) is 12.2 Å². The molecule has 21 heavy (non-hydrogen) atoms. The highest BCUT2D eigenvalue weighted by molar-refractivity contribution is 5.13. The molecule has 3 heterocycles. The second-order valence-corrected chi connectivity index (χ2v) is 6.99. The molecule has 0 amide bonds. The average Bonchev–Trinajstić information content (AvgIpc) is 3.07. The highest BCUT2D eigenvalue weighted by atomic mass is 15.2. The van der Waals surface area contributed by atoms with Crippen molar-refractivity contribution in [3.8, 4) is 0 Å². The van der Waals surface area contributed by atoms with Gasteiger partial charge in [-0.1, -0.05) is 0 Å². The number of aromatic nitrogens is 2. The van der Waals surface area contributed by atoms with E-state index in [1.807, 2.05) is 0 Å². The molecule has 0 bridgehead atoms. The Hall–Kier alpha value is -0.870. The molecule has 0 saturated carbocycles. The third kappa shape index (κ3) is 3.49. The monoisotopic (exact) mass is 290 g/mol. The Morgan fingerprint density at radius 2 is 1.67 bits per heavy atom. The lowest BCUT2D eigenvalue weighted by molar-refractivity contribution is 0.145. The van der Waals surface area contributed by atoms with Gasteiger partial charge in [0.15, 0.2) is 0 Å². The molecular weight excluding hydrogens is 260 g/mol. The minimum atomic E-state index is 0.921. The van der Waals surface area contributed by atoms with Crippen molar-refractivity contribution in [1.82, 2.24) is 19.4 Å². The SMILES string of the molecule is Cc1nc(CN2CCC(CN3CCCC3)CC2)n(C)c1C. The molecule has 2 saturated heterocycles. The molecule has 118 valence electrons. The first kappa shape index (κ1) is 15.0. The van der Waals surface area contributed by atoms with Crippen LogP contribution in [0.5, 0.6) is 0 Å². The Bertz CT molecular complexity index is 465. The van der Waals surface area contributed by atoms with Crippen molar-refractivity contribution in [1.29, 1.82) is 0 Å². The summed E-state index contributed by atoms with van der Waals surface area (Å²) in [5.41, 5.74) is 2.48. The van der Waals surface area contributed by atoms with Gasteiger partial charge in [-0.15, -0.1) is 0 Å². The van der Waals surface area contributed by atoms with Crippen molar-refractivity contribution >= 4 is 0 Å². The first-order chi connectivity index (χ1) is 10.1. The predicted octanol–water partition coefficient (Wildman–Crippen LogP) is 2.34. The molecule has 0 N–H and O–H groups in total. The van der Waals surface area contributed by atoms with Crippen LogP contribution in [0.1, 0.15) is 42.9 Å². The summed E-state index contributed by atoms with van der Waals surface area (Å²) in [6.07, 6.45) is 5.55. The summed E-state index contributed by atoms with van der Waals surface area (Å²) < 4.78 is 2.26. The van der Waals surface area contributed by atoms with Gasteiger partial charge in [0, 0.05) is 19.3 Å². The quantitative estimate of drug-likeness (QED) is 0.851. The molecule has 0 atom stereocenters. The van der Waals surface area contributed by atoms with Crippen LogP contribution in [-0.2, 0) is 13.6 Å². The van der Waals surface area contributed by atoms with Gasteiger partial charge in [0.25, 0.3) is 0 Å². The van der Waals surface area contributed by atoms with Gasteiger partial charge < -0.3 is 9.47 Å². The lowest BCUT2D eigenvalue weighted by Crippen LogP contribution is -2.38. The van der Waals surface area contributed by atoms with Crippen LogP contribution in [0.3, 0.4) is 0 Å². The molecule has 4 nitrogen and oxygen atoms in total. The lowest BCUT2D eigenvalue weighted by Gasteiger charge is -2.33. The highest BCUT2D eigenvalue weighted by Gasteiger charge is 2.23. The van der Waals surface area contributed by atoms with Gasteiger partial charge in [0.2, 0.25) is 0 Å². The van der Waals surface area contributed by atoms with E-state index < -0.39 is 0 Å². The number of hydrogen-bond donors (Lipinski definition) is 0. The topological polar surface area (TPSA) is 24.3 Å². The fraction of sp³-hybridized carbons (Fsp3) is 0.824. The first-order valence-corrected chi connectivity index (χ1v) is 8.57. The zero-order valence-electron chi connectivity index (χ0n) is 13.9. The van der Waals surface area contributed by atoms with E-state index in [-0.39, 0.29) is 0 Å². The van der Waals surface area contributed by atoms with Crippen molar-refractivity contribution in [3.05, 3.63) is 17.2 Å². The largest absolute Gasteiger partial charge is 0.334 e. The van der Waals surface area contributed by atoms with Crippen molar-refractivity contribution < 1.29 is 0 Å². The summed E-state index contributed by atoms with van der Waals surface area (Å²) in [6.45, 7) is 11.8. The van der Waals surface area contributed by atoms with E-state index in [1.165, 1.54) is 75.6 Å². The molecule has 1 aromatic heterocycles. The fourth-order valence-corrected chi connectivity index (χ4v) is 3.78. The molecule has 0 aromatic carbocycles. The number of piperidine rings is 1. The zero-order valence-corrected chi connectivity index (χ0v) is 13.9. The second-order valence-electron chi connectivity index (χ2n) is 6.99. The van der Waals surface area contributed by atoms with Gasteiger partial charge in [-0.05, 0) is 71.6 Å². The van der Waals surface area contributed by atoms with Crippen LogP contribution in [0, 0.1) is 19.8 Å². The predicted molar refractivity (Wildman–Crippen MR) is 86.4 cm³/mol. The number of likely N-dealkylation sites (tertiary alicyclic amines) is 2. The number of nitrogens with zero attached hydrogens (tertiary/aromatic N) is 4. The highest BCUT2D eigenvalue weighted by Crippen LogP contribution is 2.22. The molecule has 1 aromatic rings. The molecule has 0 spiro atoms. The number of aryl methyl sites for hydroxylation is 1. The third-order valence-electron chi connectivity index (χ3n) is 5.50. The maximum Gasteiger partial charge on any atom is 0.123 e. The number of rotatable bonds is 4. The molecular formula is C17H30N4. The average molecular weight is 290 g/mol. The van der Waals surface area contributed by atoms with Crippen molar-refractivity contribution in [3.63, 3.8) is 0 Å². The molecule has 0 radical (unpaired) electrons. The summed E-state index contributed by atoms with van der Waals surface area (Å²) in [4.78, 5) is 9.98. The minimum Gasteiger partial charge on any atom is -0.334 e. The van der Waals surface area contributed by atoms with Crippen LogP contribution >= 0.6 is 0 Å². The maximum atomic E-state index is 4.72. The minimum absolute atomic E-state index is 0.921. The Balaban J connectivity index is 1.48. The summed E-state index contributed by atoms with van der Waals surface area (Å²) in [5.74, 6) is 2.15. The molecule has 3 rings (SSSR count). The van der Waals surface area contributed by atoms with Crippen LogP contribution in [0.15, 0.2) is 0 Å². The van der Waals surface area contributed by atoms with Crippen molar-refractivity contribution in [2.24, 2.45) is 13.0 Å². The van der Waals surface area contributed by atoms with Gasteiger partial charge in [-0.2, -0.15) is 0 Å². The summed E-state index contributed by atoms with van der Waals surface area (Å²) >= 11 is 0. The standard InChI is InChI=1S/C17H30N4/c1-14-15(2)19(3)17(18-14)13-21-10-6-16(7-11-21)12-20-8-4-5-9-20/h16H,4-13H2,1-3H3. The molecule has 2 fully saturated rings. The Morgan fingerprint density at radius 3 is 2.24 bits per heavy atom. The maximum absolute atomic E-state index is 4.72. The van der Waals surface area contributed by atoms with Crippen molar-refractivity contribution in [2.45, 2.75) is 46.1 Å². The number of hydrogen-bond acceptors (Lipinski definition) is 3. The van der Waals surface area contributed by atoms with Gasteiger partial charge in [0.1, 0.15) is 5.82 Å².